The average Bonchev–Trinajstić information content (AvgIpc) is 2.33. The van der Waals surface area contributed by atoms with Gasteiger partial charge in [-0.15, -0.1) is 0 Å². The van der Waals surface area contributed by atoms with Gasteiger partial charge in [0.05, 0.1) is 6.54 Å². The minimum Gasteiger partial charge on any atom is -0.342 e. The van der Waals surface area contributed by atoms with Crippen LogP contribution in [0.25, 0.3) is 0 Å². The normalized spacial score (nSPS) is 24.3. The van der Waals surface area contributed by atoms with E-state index in [0.717, 1.165) is 18.4 Å². The van der Waals surface area contributed by atoms with E-state index in [2.05, 4.69) is 12.2 Å². The summed E-state index contributed by atoms with van der Waals surface area (Å²) in [4.78, 5) is 13.6. The maximum atomic E-state index is 11.8. The summed E-state index contributed by atoms with van der Waals surface area (Å²) < 4.78 is 0. The van der Waals surface area contributed by atoms with Crippen molar-refractivity contribution in [2.24, 2.45) is 11.8 Å². The van der Waals surface area contributed by atoms with Crippen molar-refractivity contribution in [1.29, 1.82) is 0 Å². The first-order chi connectivity index (χ1) is 8.50. The SMILES string of the molecule is CC1CCCC(CCNCC(=O)N(C)C(C)C)C1. The molecule has 3 nitrogen and oxygen atoms in total. The first-order valence-corrected chi connectivity index (χ1v) is 7.47. The van der Waals surface area contributed by atoms with Gasteiger partial charge < -0.3 is 10.2 Å². The molecule has 1 aliphatic carbocycles. The van der Waals surface area contributed by atoms with Gasteiger partial charge in [-0.05, 0) is 45.1 Å². The standard InChI is InChI=1S/C15H30N2O/c1-12(2)17(4)15(18)11-16-9-8-14-7-5-6-13(3)10-14/h12-14,16H,5-11H2,1-4H3. The lowest BCUT2D eigenvalue weighted by molar-refractivity contribution is -0.130. The van der Waals surface area contributed by atoms with Crippen molar-refractivity contribution in [2.45, 2.75) is 58.9 Å². The molecule has 1 N–H and O–H groups in total. The van der Waals surface area contributed by atoms with E-state index >= 15 is 0 Å². The molecule has 1 saturated carbocycles. The Morgan fingerprint density at radius 3 is 2.72 bits per heavy atom. The van der Waals surface area contributed by atoms with Crippen molar-refractivity contribution in [2.75, 3.05) is 20.1 Å². The summed E-state index contributed by atoms with van der Waals surface area (Å²) in [6.07, 6.45) is 6.78. The van der Waals surface area contributed by atoms with Crippen molar-refractivity contribution in [1.82, 2.24) is 10.2 Å². The molecule has 0 aromatic carbocycles. The Morgan fingerprint density at radius 2 is 2.11 bits per heavy atom. The average molecular weight is 254 g/mol. The van der Waals surface area contributed by atoms with Crippen LogP contribution in [-0.4, -0.2) is 37.0 Å². The molecule has 0 bridgehead atoms. The first-order valence-electron chi connectivity index (χ1n) is 7.47. The molecule has 0 aliphatic heterocycles. The molecule has 106 valence electrons. The monoisotopic (exact) mass is 254 g/mol. The summed E-state index contributed by atoms with van der Waals surface area (Å²) in [5, 5.41) is 3.29. The van der Waals surface area contributed by atoms with Crippen molar-refractivity contribution in [3.8, 4) is 0 Å². The molecule has 2 atom stereocenters. The fraction of sp³-hybridized carbons (Fsp3) is 0.933. The van der Waals surface area contributed by atoms with Gasteiger partial charge in [-0.3, -0.25) is 4.79 Å². The number of likely N-dealkylation sites (N-methyl/N-ethyl adjacent to an activating group) is 1. The first kappa shape index (κ1) is 15.5. The van der Waals surface area contributed by atoms with E-state index in [9.17, 15) is 4.79 Å². The predicted molar refractivity (Wildman–Crippen MR) is 76.5 cm³/mol. The molecular weight excluding hydrogens is 224 g/mol. The minimum atomic E-state index is 0.196. The van der Waals surface area contributed by atoms with Crippen LogP contribution in [0.4, 0.5) is 0 Å². The molecule has 0 aromatic heterocycles. The molecule has 0 radical (unpaired) electrons. The van der Waals surface area contributed by atoms with E-state index < -0.39 is 0 Å². The molecule has 1 amide bonds. The van der Waals surface area contributed by atoms with Gasteiger partial charge in [-0.1, -0.05) is 26.2 Å². The summed E-state index contributed by atoms with van der Waals surface area (Å²) in [6.45, 7) is 7.91. The van der Waals surface area contributed by atoms with Crippen LogP contribution in [0, 0.1) is 11.8 Å². The molecule has 2 unspecified atom stereocenters. The van der Waals surface area contributed by atoms with Gasteiger partial charge in [0, 0.05) is 13.1 Å². The van der Waals surface area contributed by atoms with Crippen LogP contribution >= 0.6 is 0 Å². The van der Waals surface area contributed by atoms with Crippen LogP contribution in [-0.2, 0) is 4.79 Å². The van der Waals surface area contributed by atoms with E-state index in [0.29, 0.717) is 12.6 Å². The smallest absolute Gasteiger partial charge is 0.236 e. The molecule has 1 fully saturated rings. The highest BCUT2D eigenvalue weighted by Gasteiger charge is 2.18. The summed E-state index contributed by atoms with van der Waals surface area (Å²) in [6, 6.07) is 0.290. The number of hydrogen-bond acceptors (Lipinski definition) is 2. The van der Waals surface area contributed by atoms with Gasteiger partial charge in [0.1, 0.15) is 0 Å². The Bertz CT molecular complexity index is 253. The van der Waals surface area contributed by atoms with Crippen molar-refractivity contribution in [3.63, 3.8) is 0 Å². The summed E-state index contributed by atoms with van der Waals surface area (Å²) >= 11 is 0. The van der Waals surface area contributed by atoms with Crippen LogP contribution in [0.2, 0.25) is 0 Å². The van der Waals surface area contributed by atoms with Crippen LogP contribution < -0.4 is 5.32 Å². The zero-order valence-electron chi connectivity index (χ0n) is 12.5. The van der Waals surface area contributed by atoms with Gasteiger partial charge in [-0.2, -0.15) is 0 Å². The minimum absolute atomic E-state index is 0.196. The lowest BCUT2D eigenvalue weighted by Gasteiger charge is -2.27. The number of carbonyl (C=O) groups excluding carboxylic acids is 1. The van der Waals surface area contributed by atoms with E-state index in [1.165, 1.54) is 32.1 Å². The highest BCUT2D eigenvalue weighted by atomic mass is 16.2. The number of nitrogens with zero attached hydrogens (tertiary/aromatic N) is 1. The molecule has 0 aromatic rings. The maximum absolute atomic E-state index is 11.8. The Hall–Kier alpha value is -0.570. The maximum Gasteiger partial charge on any atom is 0.236 e. The van der Waals surface area contributed by atoms with Gasteiger partial charge in [-0.25, -0.2) is 0 Å². The second-order valence-electron chi connectivity index (χ2n) is 6.20. The van der Waals surface area contributed by atoms with Crippen molar-refractivity contribution < 1.29 is 4.79 Å². The molecule has 1 aliphatic rings. The van der Waals surface area contributed by atoms with Crippen LogP contribution in [0.15, 0.2) is 0 Å². The van der Waals surface area contributed by atoms with Gasteiger partial charge in [0.2, 0.25) is 5.91 Å². The molecule has 3 heteroatoms. The Morgan fingerprint density at radius 1 is 1.39 bits per heavy atom. The Kier molecular flexibility index (Phi) is 6.69. The molecule has 0 heterocycles. The predicted octanol–water partition coefficient (Wildman–Crippen LogP) is 2.66. The van der Waals surface area contributed by atoms with Crippen LogP contribution in [0.3, 0.4) is 0 Å². The highest BCUT2D eigenvalue weighted by Crippen LogP contribution is 2.30. The van der Waals surface area contributed by atoms with Crippen molar-refractivity contribution >= 4 is 5.91 Å². The van der Waals surface area contributed by atoms with E-state index in [1.54, 1.807) is 4.90 Å². The summed E-state index contributed by atoms with van der Waals surface area (Å²) in [5.41, 5.74) is 0. The molecular formula is C15H30N2O. The molecule has 18 heavy (non-hydrogen) atoms. The molecule has 0 spiro atoms. The van der Waals surface area contributed by atoms with Gasteiger partial charge in [0.15, 0.2) is 0 Å². The quantitative estimate of drug-likeness (QED) is 0.739. The van der Waals surface area contributed by atoms with Crippen LogP contribution in [0.5, 0.6) is 0 Å². The molecule has 0 saturated heterocycles. The van der Waals surface area contributed by atoms with Gasteiger partial charge >= 0.3 is 0 Å². The third-order valence-corrected chi connectivity index (χ3v) is 4.22. The van der Waals surface area contributed by atoms with E-state index in [1.807, 2.05) is 20.9 Å². The number of carbonyl (C=O) groups is 1. The third-order valence-electron chi connectivity index (χ3n) is 4.22. The lowest BCUT2D eigenvalue weighted by Crippen LogP contribution is -2.39. The topological polar surface area (TPSA) is 32.3 Å². The highest BCUT2D eigenvalue weighted by molar-refractivity contribution is 5.78. The lowest BCUT2D eigenvalue weighted by atomic mass is 9.81. The second-order valence-corrected chi connectivity index (χ2v) is 6.20. The number of hydrogen-bond donors (Lipinski definition) is 1. The summed E-state index contributed by atoms with van der Waals surface area (Å²) in [7, 11) is 1.87. The fourth-order valence-corrected chi connectivity index (χ4v) is 2.74. The van der Waals surface area contributed by atoms with E-state index in [4.69, 9.17) is 0 Å². The number of nitrogens with one attached hydrogen (secondary N) is 1. The van der Waals surface area contributed by atoms with E-state index in [-0.39, 0.29) is 5.91 Å². The van der Waals surface area contributed by atoms with Crippen LogP contribution in [0.1, 0.15) is 52.9 Å². The summed E-state index contributed by atoms with van der Waals surface area (Å²) in [5.74, 6) is 1.97. The zero-order chi connectivity index (χ0) is 13.5. The van der Waals surface area contributed by atoms with Gasteiger partial charge in [0.25, 0.3) is 0 Å². The number of rotatable bonds is 6. The largest absolute Gasteiger partial charge is 0.342 e. The number of amides is 1. The second kappa shape index (κ2) is 7.78. The fourth-order valence-electron chi connectivity index (χ4n) is 2.74. The third kappa shape index (κ3) is 5.38. The Labute approximate surface area is 112 Å². The Balaban J connectivity index is 2.09. The molecule has 1 rings (SSSR count). The zero-order valence-corrected chi connectivity index (χ0v) is 12.5. The van der Waals surface area contributed by atoms with Crippen molar-refractivity contribution in [3.05, 3.63) is 0 Å².